The van der Waals surface area contributed by atoms with Crippen LogP contribution in [0.25, 0.3) is 44.4 Å². The average Bonchev–Trinajstić information content (AvgIpc) is 3.59. The Morgan fingerprint density at radius 3 is 2.02 bits per heavy atom. The van der Waals surface area contributed by atoms with Crippen LogP contribution >= 0.6 is 0 Å². The van der Waals surface area contributed by atoms with Gasteiger partial charge < -0.3 is 9.30 Å². The predicted octanol–water partition coefficient (Wildman–Crippen LogP) is 12.5. The van der Waals surface area contributed by atoms with Gasteiger partial charge in [0.1, 0.15) is 5.82 Å². The van der Waals surface area contributed by atoms with E-state index in [0.29, 0.717) is 11.5 Å². The third-order valence-corrected chi connectivity index (χ3v) is 10.4. The standard InChI is InChI=1S/C48H52N4O.Pt/c1-13-32-23-24-49-43(25-32)51-41-20-15-14-17-37(41)38-22-21-35(29-42(38)51)53-36-27-33(46(4,5)6)26-34(28-36)52-31(3)44(30(2)50-52)45-39(47(7,8)9)18-16-19-40(45)48(10,11)12;/h14-27H,13H2,1-12H3;/q-2;+2. The summed E-state index contributed by atoms with van der Waals surface area (Å²) in [4.78, 5) is 4.79. The molecule has 0 radical (unpaired) electrons. The number of rotatable bonds is 6. The van der Waals surface area contributed by atoms with Crippen LogP contribution in [0.4, 0.5) is 0 Å². The van der Waals surface area contributed by atoms with E-state index in [1.807, 2.05) is 12.3 Å². The van der Waals surface area contributed by atoms with Gasteiger partial charge in [-0.3, -0.25) is 4.68 Å². The molecule has 54 heavy (non-hydrogen) atoms. The van der Waals surface area contributed by atoms with Crippen molar-refractivity contribution in [2.75, 3.05) is 0 Å². The van der Waals surface area contributed by atoms with Crippen molar-refractivity contribution in [2.45, 2.75) is 106 Å². The summed E-state index contributed by atoms with van der Waals surface area (Å²) < 4.78 is 11.0. The normalized spacial score (nSPS) is 12.4. The second-order valence-corrected chi connectivity index (χ2v) is 17.5. The second kappa shape index (κ2) is 14.3. The van der Waals surface area contributed by atoms with Gasteiger partial charge in [-0.1, -0.05) is 111 Å². The SMILES string of the molecule is CCc1ccnc(-n2c3[c-]c(Oc4[c-]c(-n5nc(C)c(-c6c(C(C)(C)C)cccc6C(C)(C)C)c5C)cc(C(C)(C)C)c4)ccc3c3ccccc32)c1.[Pt+2]. The molecule has 0 saturated carbocycles. The van der Waals surface area contributed by atoms with Crippen LogP contribution in [-0.4, -0.2) is 19.3 Å². The number of para-hydroxylation sites is 1. The van der Waals surface area contributed by atoms with Gasteiger partial charge in [-0.05, 0) is 88.0 Å². The molecule has 7 aromatic rings. The number of ether oxygens (including phenoxy) is 1. The van der Waals surface area contributed by atoms with Crippen LogP contribution < -0.4 is 4.74 Å². The number of fused-ring (bicyclic) bond motifs is 3. The number of pyridine rings is 1. The molecular formula is C48H52N4OPt. The van der Waals surface area contributed by atoms with Crippen molar-refractivity contribution >= 4 is 21.8 Å². The van der Waals surface area contributed by atoms with Crippen molar-refractivity contribution < 1.29 is 25.8 Å². The fourth-order valence-electron chi connectivity index (χ4n) is 7.53. The Morgan fingerprint density at radius 1 is 0.685 bits per heavy atom. The summed E-state index contributed by atoms with van der Waals surface area (Å²) in [5.41, 5.74) is 12.2. The molecule has 0 bridgehead atoms. The minimum Gasteiger partial charge on any atom is -0.509 e. The Bertz CT molecular complexity index is 2470. The van der Waals surface area contributed by atoms with Crippen LogP contribution in [0.5, 0.6) is 11.5 Å². The predicted molar refractivity (Wildman–Crippen MR) is 220 cm³/mol. The minimum absolute atomic E-state index is 0. The zero-order valence-electron chi connectivity index (χ0n) is 33.8. The molecule has 5 nitrogen and oxygen atoms in total. The van der Waals surface area contributed by atoms with E-state index in [0.717, 1.165) is 56.7 Å². The number of aryl methyl sites for hydroxylation is 2. The van der Waals surface area contributed by atoms with Crippen molar-refractivity contribution in [3.63, 3.8) is 0 Å². The smallest absolute Gasteiger partial charge is 0.509 e. The summed E-state index contributed by atoms with van der Waals surface area (Å²) in [6.07, 6.45) is 2.82. The van der Waals surface area contributed by atoms with E-state index in [4.69, 9.17) is 14.8 Å². The van der Waals surface area contributed by atoms with Gasteiger partial charge in [0, 0.05) is 34.5 Å². The Kier molecular flexibility index (Phi) is 10.4. The Morgan fingerprint density at radius 2 is 1.37 bits per heavy atom. The van der Waals surface area contributed by atoms with Crippen LogP contribution in [0.15, 0.2) is 85.1 Å². The first-order valence-electron chi connectivity index (χ1n) is 18.8. The molecule has 3 aromatic heterocycles. The Labute approximate surface area is 336 Å². The van der Waals surface area contributed by atoms with Gasteiger partial charge in [-0.15, -0.1) is 41.3 Å². The zero-order chi connectivity index (χ0) is 38.0. The second-order valence-electron chi connectivity index (χ2n) is 17.5. The van der Waals surface area contributed by atoms with Crippen molar-refractivity contribution in [3.05, 3.63) is 131 Å². The summed E-state index contributed by atoms with van der Waals surface area (Å²) >= 11 is 0. The molecule has 0 atom stereocenters. The molecule has 0 aliphatic heterocycles. The molecule has 4 aromatic carbocycles. The quantitative estimate of drug-likeness (QED) is 0.156. The number of nitrogens with zero attached hydrogens (tertiary/aromatic N) is 4. The summed E-state index contributed by atoms with van der Waals surface area (Å²) in [5, 5.41) is 7.47. The maximum atomic E-state index is 6.72. The summed E-state index contributed by atoms with van der Waals surface area (Å²) in [5.74, 6) is 2.11. The third-order valence-electron chi connectivity index (χ3n) is 10.4. The van der Waals surface area contributed by atoms with E-state index < -0.39 is 0 Å². The van der Waals surface area contributed by atoms with Gasteiger partial charge >= 0.3 is 21.1 Å². The number of benzene rings is 4. The number of aromatic nitrogens is 4. The van der Waals surface area contributed by atoms with Gasteiger partial charge in [0.25, 0.3) is 0 Å². The largest absolute Gasteiger partial charge is 2.00 e. The fourth-order valence-corrected chi connectivity index (χ4v) is 7.53. The molecule has 0 unspecified atom stereocenters. The van der Waals surface area contributed by atoms with Gasteiger partial charge in [0.05, 0.1) is 5.69 Å². The molecule has 0 N–H and O–H groups in total. The van der Waals surface area contributed by atoms with E-state index in [1.165, 1.54) is 27.8 Å². The van der Waals surface area contributed by atoms with Crippen LogP contribution in [-0.2, 0) is 43.7 Å². The number of hydrogen-bond acceptors (Lipinski definition) is 3. The van der Waals surface area contributed by atoms with Gasteiger partial charge in [-0.25, -0.2) is 4.98 Å². The molecule has 3 heterocycles. The maximum absolute atomic E-state index is 6.72. The topological polar surface area (TPSA) is 44.9 Å². The van der Waals surface area contributed by atoms with Crippen LogP contribution in [0.2, 0.25) is 0 Å². The first kappa shape index (κ1) is 39.2. The molecule has 7 rings (SSSR count). The fraction of sp³-hybridized carbons (Fsp3) is 0.333. The number of hydrogen-bond donors (Lipinski definition) is 0. The van der Waals surface area contributed by atoms with E-state index in [2.05, 4.69) is 177 Å². The van der Waals surface area contributed by atoms with Gasteiger partial charge in [0.15, 0.2) is 0 Å². The van der Waals surface area contributed by atoms with Crippen molar-refractivity contribution in [3.8, 4) is 34.1 Å². The molecule has 0 aliphatic carbocycles. The van der Waals surface area contributed by atoms with Crippen molar-refractivity contribution in [2.24, 2.45) is 0 Å². The summed E-state index contributed by atoms with van der Waals surface area (Å²) in [6, 6.07) is 35.1. The van der Waals surface area contributed by atoms with Crippen LogP contribution in [0, 0.1) is 26.0 Å². The molecule has 0 saturated heterocycles. The monoisotopic (exact) mass is 895 g/mol. The first-order chi connectivity index (χ1) is 25.0. The molecular weight excluding hydrogens is 844 g/mol. The van der Waals surface area contributed by atoms with E-state index in [1.54, 1.807) is 0 Å². The molecule has 0 fully saturated rings. The maximum Gasteiger partial charge on any atom is 2.00 e. The minimum atomic E-state index is -0.144. The molecule has 6 heteroatoms. The Balaban J connectivity index is 0.00000497. The summed E-state index contributed by atoms with van der Waals surface area (Å²) in [7, 11) is 0. The van der Waals surface area contributed by atoms with Crippen molar-refractivity contribution in [1.82, 2.24) is 19.3 Å². The first-order valence-corrected chi connectivity index (χ1v) is 18.8. The molecule has 280 valence electrons. The zero-order valence-corrected chi connectivity index (χ0v) is 36.1. The van der Waals surface area contributed by atoms with Crippen LogP contribution in [0.3, 0.4) is 0 Å². The third kappa shape index (κ3) is 7.20. The molecule has 0 aliphatic rings. The Hall–Kier alpha value is -4.47. The van der Waals surface area contributed by atoms with E-state index in [-0.39, 0.29) is 37.3 Å². The molecule has 0 spiro atoms. The van der Waals surface area contributed by atoms with Crippen LogP contribution in [0.1, 0.15) is 103 Å². The van der Waals surface area contributed by atoms with E-state index in [9.17, 15) is 0 Å². The van der Waals surface area contributed by atoms with Gasteiger partial charge in [0.2, 0.25) is 0 Å². The average molecular weight is 896 g/mol. The van der Waals surface area contributed by atoms with E-state index >= 15 is 0 Å². The van der Waals surface area contributed by atoms with Gasteiger partial charge in [-0.2, -0.15) is 11.2 Å². The molecule has 0 amide bonds. The summed E-state index contributed by atoms with van der Waals surface area (Å²) in [6.45, 7) is 26.9. The van der Waals surface area contributed by atoms with Crippen molar-refractivity contribution in [1.29, 1.82) is 0 Å².